The zero-order valence-electron chi connectivity index (χ0n) is 12.1. The number of carbonyl (C=O) groups excluding carboxylic acids is 2. The number of furan rings is 1. The number of fused-ring (bicyclic) bond motifs is 1. The quantitative estimate of drug-likeness (QED) is 0.931. The Hall–Kier alpha value is -2.24. The lowest BCUT2D eigenvalue weighted by atomic mass is 10.1. The molecule has 0 saturated carbocycles. The molecule has 112 valence electrons. The molecule has 0 spiro atoms. The number of carbonyl (C=O) groups is 2. The summed E-state index contributed by atoms with van der Waals surface area (Å²) in [7, 11) is 1.80. The van der Waals surface area contributed by atoms with Crippen LogP contribution in [-0.4, -0.2) is 40.9 Å². The molecule has 21 heavy (non-hydrogen) atoms. The van der Waals surface area contributed by atoms with Gasteiger partial charge < -0.3 is 19.2 Å². The number of aromatic nitrogens is 1. The highest BCUT2D eigenvalue weighted by Gasteiger charge is 2.19. The maximum Gasteiger partial charge on any atom is 0.268 e. The van der Waals surface area contributed by atoms with E-state index in [0.29, 0.717) is 11.3 Å². The molecule has 1 N–H and O–H groups in total. The van der Waals surface area contributed by atoms with E-state index in [-0.39, 0.29) is 18.4 Å². The highest BCUT2D eigenvalue weighted by Crippen LogP contribution is 2.19. The Balaban J connectivity index is 1.62. The maximum absolute atomic E-state index is 12.2. The molecule has 0 aromatic carbocycles. The zero-order chi connectivity index (χ0) is 14.8. The number of piperidine rings is 1. The lowest BCUT2D eigenvalue weighted by Gasteiger charge is -2.26. The molecular formula is C15H19N3O3. The van der Waals surface area contributed by atoms with Crippen molar-refractivity contribution in [2.75, 3.05) is 19.6 Å². The van der Waals surface area contributed by atoms with E-state index in [1.54, 1.807) is 23.9 Å². The first kappa shape index (κ1) is 13.7. The Morgan fingerprint density at radius 3 is 2.76 bits per heavy atom. The number of amides is 2. The van der Waals surface area contributed by atoms with Crippen molar-refractivity contribution in [2.24, 2.45) is 7.05 Å². The van der Waals surface area contributed by atoms with Gasteiger partial charge in [0.1, 0.15) is 5.69 Å². The summed E-state index contributed by atoms with van der Waals surface area (Å²) in [5, 5.41) is 2.69. The first-order valence-electron chi connectivity index (χ1n) is 7.26. The predicted molar refractivity (Wildman–Crippen MR) is 77.9 cm³/mol. The number of nitrogens with zero attached hydrogens (tertiary/aromatic N) is 2. The van der Waals surface area contributed by atoms with Crippen LogP contribution in [0, 0.1) is 0 Å². The van der Waals surface area contributed by atoms with Gasteiger partial charge in [0.05, 0.1) is 18.3 Å². The lowest BCUT2D eigenvalue weighted by Crippen LogP contribution is -2.42. The summed E-state index contributed by atoms with van der Waals surface area (Å²) in [4.78, 5) is 26.0. The van der Waals surface area contributed by atoms with E-state index in [0.717, 1.165) is 31.4 Å². The molecular weight excluding hydrogens is 270 g/mol. The minimum atomic E-state index is -0.255. The van der Waals surface area contributed by atoms with Gasteiger partial charge in [-0.2, -0.15) is 0 Å². The van der Waals surface area contributed by atoms with Crippen LogP contribution in [0.4, 0.5) is 0 Å². The number of hydrogen-bond donors (Lipinski definition) is 1. The van der Waals surface area contributed by atoms with Crippen LogP contribution in [0.2, 0.25) is 0 Å². The van der Waals surface area contributed by atoms with Crippen molar-refractivity contribution in [3.8, 4) is 0 Å². The highest BCUT2D eigenvalue weighted by atomic mass is 16.3. The first-order chi connectivity index (χ1) is 10.2. The summed E-state index contributed by atoms with van der Waals surface area (Å²) in [6.07, 6.45) is 4.87. The molecule has 2 aromatic heterocycles. The second-order valence-electron chi connectivity index (χ2n) is 5.38. The van der Waals surface area contributed by atoms with E-state index >= 15 is 0 Å². The second kappa shape index (κ2) is 5.63. The van der Waals surface area contributed by atoms with Crippen LogP contribution >= 0.6 is 0 Å². The molecule has 1 fully saturated rings. The van der Waals surface area contributed by atoms with Crippen molar-refractivity contribution < 1.29 is 14.0 Å². The van der Waals surface area contributed by atoms with Crippen LogP contribution in [0.25, 0.3) is 11.1 Å². The van der Waals surface area contributed by atoms with Gasteiger partial charge in [0.15, 0.2) is 5.58 Å². The summed E-state index contributed by atoms with van der Waals surface area (Å²) in [6.45, 7) is 1.64. The summed E-state index contributed by atoms with van der Waals surface area (Å²) in [5.41, 5.74) is 2.03. The van der Waals surface area contributed by atoms with Crippen molar-refractivity contribution in [1.82, 2.24) is 14.8 Å². The van der Waals surface area contributed by atoms with Gasteiger partial charge in [0.25, 0.3) is 5.91 Å². The molecule has 1 aliphatic heterocycles. The van der Waals surface area contributed by atoms with Gasteiger partial charge in [-0.25, -0.2) is 0 Å². The van der Waals surface area contributed by atoms with Gasteiger partial charge in [-0.15, -0.1) is 0 Å². The minimum absolute atomic E-state index is 0.0130. The molecule has 6 heteroatoms. The van der Waals surface area contributed by atoms with Crippen LogP contribution in [-0.2, 0) is 11.8 Å². The Labute approximate surface area is 122 Å². The number of rotatable bonds is 3. The van der Waals surface area contributed by atoms with Crippen LogP contribution in [0.15, 0.2) is 22.8 Å². The third-order valence-corrected chi connectivity index (χ3v) is 4.01. The van der Waals surface area contributed by atoms with E-state index in [9.17, 15) is 9.59 Å². The van der Waals surface area contributed by atoms with Gasteiger partial charge in [-0.3, -0.25) is 9.59 Å². The Bertz CT molecular complexity index is 665. The lowest BCUT2D eigenvalue weighted by molar-refractivity contribution is -0.130. The molecule has 2 amide bonds. The molecule has 0 aliphatic carbocycles. The fraction of sp³-hybridized carbons (Fsp3) is 0.467. The van der Waals surface area contributed by atoms with Crippen molar-refractivity contribution in [3.63, 3.8) is 0 Å². The van der Waals surface area contributed by atoms with E-state index in [4.69, 9.17) is 4.42 Å². The third kappa shape index (κ3) is 2.66. The van der Waals surface area contributed by atoms with Crippen LogP contribution in [0.5, 0.6) is 0 Å². The average molecular weight is 289 g/mol. The number of nitrogens with one attached hydrogen (secondary N) is 1. The molecule has 3 heterocycles. The van der Waals surface area contributed by atoms with Gasteiger partial charge in [-0.1, -0.05) is 0 Å². The summed E-state index contributed by atoms with van der Waals surface area (Å²) in [5.74, 6) is -0.268. The van der Waals surface area contributed by atoms with E-state index in [1.807, 2.05) is 11.0 Å². The van der Waals surface area contributed by atoms with Gasteiger partial charge in [0.2, 0.25) is 5.91 Å². The monoisotopic (exact) mass is 289 g/mol. The van der Waals surface area contributed by atoms with E-state index in [2.05, 4.69) is 5.32 Å². The molecule has 0 radical (unpaired) electrons. The molecule has 0 bridgehead atoms. The summed E-state index contributed by atoms with van der Waals surface area (Å²) < 4.78 is 7.04. The Kier molecular flexibility index (Phi) is 3.68. The van der Waals surface area contributed by atoms with Crippen molar-refractivity contribution in [3.05, 3.63) is 24.1 Å². The zero-order valence-corrected chi connectivity index (χ0v) is 12.1. The van der Waals surface area contributed by atoms with Crippen molar-refractivity contribution >= 4 is 22.9 Å². The van der Waals surface area contributed by atoms with Crippen molar-refractivity contribution in [2.45, 2.75) is 19.3 Å². The van der Waals surface area contributed by atoms with Gasteiger partial charge in [-0.05, 0) is 19.3 Å². The number of hydrogen-bond acceptors (Lipinski definition) is 3. The van der Waals surface area contributed by atoms with Crippen LogP contribution in [0.1, 0.15) is 29.8 Å². The largest absolute Gasteiger partial charge is 0.463 e. The van der Waals surface area contributed by atoms with Gasteiger partial charge >= 0.3 is 0 Å². The molecule has 0 atom stereocenters. The molecule has 0 unspecified atom stereocenters. The minimum Gasteiger partial charge on any atom is -0.463 e. The Morgan fingerprint density at radius 2 is 2.05 bits per heavy atom. The molecule has 6 nitrogen and oxygen atoms in total. The normalized spacial score (nSPS) is 15.4. The first-order valence-corrected chi connectivity index (χ1v) is 7.26. The SMILES string of the molecule is Cn1c(C(=O)NCC(=O)N2CCCCC2)cc2occc21. The fourth-order valence-electron chi connectivity index (χ4n) is 2.77. The van der Waals surface area contributed by atoms with Crippen molar-refractivity contribution in [1.29, 1.82) is 0 Å². The van der Waals surface area contributed by atoms with E-state index in [1.165, 1.54) is 6.42 Å². The fourth-order valence-corrected chi connectivity index (χ4v) is 2.77. The average Bonchev–Trinajstić information content (AvgIpc) is 3.09. The molecule has 2 aromatic rings. The molecule has 1 aliphatic rings. The van der Waals surface area contributed by atoms with Crippen LogP contribution in [0.3, 0.4) is 0 Å². The third-order valence-electron chi connectivity index (χ3n) is 4.01. The number of likely N-dealkylation sites (tertiary alicyclic amines) is 1. The molecule has 1 saturated heterocycles. The maximum atomic E-state index is 12.2. The highest BCUT2D eigenvalue weighted by molar-refractivity contribution is 5.99. The molecule has 3 rings (SSSR count). The number of aryl methyl sites for hydroxylation is 1. The topological polar surface area (TPSA) is 67.5 Å². The standard InChI is InChI=1S/C15H19N3O3/c1-17-11-5-8-21-13(11)9-12(17)15(20)16-10-14(19)18-6-3-2-4-7-18/h5,8-9H,2-4,6-7,10H2,1H3,(H,16,20). The van der Waals surface area contributed by atoms with Crippen LogP contribution < -0.4 is 5.32 Å². The second-order valence-corrected chi connectivity index (χ2v) is 5.38. The smallest absolute Gasteiger partial charge is 0.268 e. The summed E-state index contributed by atoms with van der Waals surface area (Å²) in [6, 6.07) is 3.50. The predicted octanol–water partition coefficient (Wildman–Crippen LogP) is 1.51. The Morgan fingerprint density at radius 1 is 1.29 bits per heavy atom. The van der Waals surface area contributed by atoms with Gasteiger partial charge in [0, 0.05) is 32.3 Å². The summed E-state index contributed by atoms with van der Waals surface area (Å²) >= 11 is 0. The van der Waals surface area contributed by atoms with E-state index < -0.39 is 0 Å².